The largest absolute Gasteiger partial charge is 0.508 e. The highest BCUT2D eigenvalue weighted by atomic mass is 16.3. The fourth-order valence-electron chi connectivity index (χ4n) is 2.71. The van der Waals surface area contributed by atoms with Crippen molar-refractivity contribution in [1.29, 1.82) is 0 Å². The Hall–Kier alpha value is -3.15. The van der Waals surface area contributed by atoms with Gasteiger partial charge in [-0.1, -0.05) is 37.3 Å². The number of rotatable bonds is 4. The lowest BCUT2D eigenvalue weighted by molar-refractivity contribution is -0.131. The fourth-order valence-corrected chi connectivity index (χ4v) is 2.71. The topological polar surface area (TPSA) is 82.0 Å². The normalized spacial score (nSPS) is 20.6. The van der Waals surface area contributed by atoms with E-state index in [4.69, 9.17) is 0 Å². The molecule has 2 N–H and O–H groups in total. The van der Waals surface area contributed by atoms with Crippen LogP contribution in [0.25, 0.3) is 0 Å². The van der Waals surface area contributed by atoms with E-state index >= 15 is 0 Å². The molecular weight excluding hydrogens is 306 g/mol. The summed E-state index contributed by atoms with van der Waals surface area (Å²) >= 11 is 0. The molecule has 6 heteroatoms. The Labute approximate surface area is 139 Å². The summed E-state index contributed by atoms with van der Waals surface area (Å²) in [6, 6.07) is 14.9. The van der Waals surface area contributed by atoms with Gasteiger partial charge in [-0.25, -0.2) is 4.79 Å². The Kier molecular flexibility index (Phi) is 4.04. The van der Waals surface area contributed by atoms with Gasteiger partial charge in [0.25, 0.3) is 5.91 Å². The number of hydrogen-bond donors (Lipinski definition) is 2. The zero-order valence-electron chi connectivity index (χ0n) is 13.1. The molecule has 1 fully saturated rings. The summed E-state index contributed by atoms with van der Waals surface area (Å²) in [7, 11) is 0. The zero-order chi connectivity index (χ0) is 17.2. The van der Waals surface area contributed by atoms with Crippen LogP contribution in [0.4, 0.5) is 4.79 Å². The summed E-state index contributed by atoms with van der Waals surface area (Å²) < 4.78 is 0. The Morgan fingerprint density at radius 1 is 1.12 bits per heavy atom. The van der Waals surface area contributed by atoms with Crippen molar-refractivity contribution < 1.29 is 14.7 Å². The summed E-state index contributed by atoms with van der Waals surface area (Å²) in [5.74, 6) is -0.271. The predicted octanol–water partition coefficient (Wildman–Crippen LogP) is 2.58. The molecule has 0 aliphatic carbocycles. The standard InChI is InChI=1S/C18H17N3O3/c1-2-18(14-6-4-3-5-7-14)16(23)21(17(24)20-18)19-12-13-8-10-15(22)11-9-13/h3-12,22H,2H2,1H3,(H,20,24)/b19-12+/t18-/m0/s1. The molecule has 0 aromatic heterocycles. The molecule has 3 amide bonds. The monoisotopic (exact) mass is 323 g/mol. The summed E-state index contributed by atoms with van der Waals surface area (Å²) in [4.78, 5) is 25.1. The van der Waals surface area contributed by atoms with E-state index in [9.17, 15) is 14.7 Å². The van der Waals surface area contributed by atoms with Crippen molar-refractivity contribution in [3.05, 3.63) is 65.7 Å². The molecule has 1 aliphatic heterocycles. The van der Waals surface area contributed by atoms with Crippen LogP contribution < -0.4 is 5.32 Å². The van der Waals surface area contributed by atoms with Crippen molar-refractivity contribution in [2.75, 3.05) is 0 Å². The number of carbonyl (C=O) groups is 2. The lowest BCUT2D eigenvalue weighted by atomic mass is 9.87. The molecule has 0 radical (unpaired) electrons. The number of carbonyl (C=O) groups excluding carboxylic acids is 2. The van der Waals surface area contributed by atoms with E-state index in [2.05, 4.69) is 10.4 Å². The maximum Gasteiger partial charge on any atom is 0.346 e. The number of hydrogen-bond acceptors (Lipinski definition) is 4. The summed E-state index contributed by atoms with van der Waals surface area (Å²) in [6.07, 6.45) is 1.83. The second-order valence-corrected chi connectivity index (χ2v) is 5.51. The third-order valence-electron chi connectivity index (χ3n) is 4.08. The molecule has 1 heterocycles. The van der Waals surface area contributed by atoms with E-state index in [-0.39, 0.29) is 5.75 Å². The first-order valence-corrected chi connectivity index (χ1v) is 7.62. The third-order valence-corrected chi connectivity index (χ3v) is 4.08. The minimum absolute atomic E-state index is 0.135. The van der Waals surface area contributed by atoms with Gasteiger partial charge in [0.15, 0.2) is 0 Å². The van der Waals surface area contributed by atoms with E-state index < -0.39 is 17.5 Å². The molecule has 6 nitrogen and oxygen atoms in total. The summed E-state index contributed by atoms with van der Waals surface area (Å²) in [5, 5.41) is 16.9. The first-order valence-electron chi connectivity index (χ1n) is 7.62. The van der Waals surface area contributed by atoms with Gasteiger partial charge >= 0.3 is 6.03 Å². The van der Waals surface area contributed by atoms with Crippen molar-refractivity contribution >= 4 is 18.2 Å². The van der Waals surface area contributed by atoms with Crippen LogP contribution in [-0.2, 0) is 10.3 Å². The van der Waals surface area contributed by atoms with Crippen LogP contribution in [0.15, 0.2) is 59.7 Å². The molecule has 0 bridgehead atoms. The van der Waals surface area contributed by atoms with Crippen LogP contribution in [0.5, 0.6) is 5.75 Å². The number of urea groups is 1. The molecule has 2 aromatic carbocycles. The molecule has 0 saturated carbocycles. The van der Waals surface area contributed by atoms with Gasteiger partial charge in [-0.05, 0) is 41.8 Å². The fraction of sp³-hybridized carbons (Fsp3) is 0.167. The number of nitrogens with one attached hydrogen (secondary N) is 1. The summed E-state index contributed by atoms with van der Waals surface area (Å²) in [5.41, 5.74) is 0.306. The zero-order valence-corrected chi connectivity index (χ0v) is 13.1. The maximum atomic E-state index is 12.8. The molecule has 1 atom stereocenters. The van der Waals surface area contributed by atoms with Gasteiger partial charge in [0.05, 0.1) is 6.21 Å². The van der Waals surface area contributed by atoms with Crippen LogP contribution in [0, 0.1) is 0 Å². The number of imide groups is 1. The first-order chi connectivity index (χ1) is 11.6. The van der Waals surface area contributed by atoms with Gasteiger partial charge in [-0.3, -0.25) is 4.79 Å². The van der Waals surface area contributed by atoms with E-state index in [1.54, 1.807) is 12.1 Å². The van der Waals surface area contributed by atoms with Gasteiger partial charge in [0.1, 0.15) is 11.3 Å². The van der Waals surface area contributed by atoms with Crippen molar-refractivity contribution in [2.45, 2.75) is 18.9 Å². The number of aromatic hydroxyl groups is 1. The number of amides is 3. The second-order valence-electron chi connectivity index (χ2n) is 5.51. The van der Waals surface area contributed by atoms with Crippen LogP contribution in [0.2, 0.25) is 0 Å². The predicted molar refractivity (Wildman–Crippen MR) is 89.5 cm³/mol. The highest BCUT2D eigenvalue weighted by molar-refractivity contribution is 6.07. The van der Waals surface area contributed by atoms with Gasteiger partial charge < -0.3 is 10.4 Å². The van der Waals surface area contributed by atoms with E-state index in [0.717, 1.165) is 10.6 Å². The smallest absolute Gasteiger partial charge is 0.346 e. The Balaban J connectivity index is 1.90. The Morgan fingerprint density at radius 2 is 1.79 bits per heavy atom. The molecule has 2 aromatic rings. The van der Waals surface area contributed by atoms with Crippen molar-refractivity contribution in [2.24, 2.45) is 5.10 Å². The maximum absolute atomic E-state index is 12.8. The summed E-state index contributed by atoms with van der Waals surface area (Å²) in [6.45, 7) is 1.85. The van der Waals surface area contributed by atoms with Gasteiger partial charge in [0, 0.05) is 0 Å². The Morgan fingerprint density at radius 3 is 2.42 bits per heavy atom. The van der Waals surface area contributed by atoms with E-state index in [1.165, 1.54) is 18.3 Å². The van der Waals surface area contributed by atoms with Crippen molar-refractivity contribution in [1.82, 2.24) is 10.3 Å². The molecule has 24 heavy (non-hydrogen) atoms. The van der Waals surface area contributed by atoms with Gasteiger partial charge in [-0.15, -0.1) is 5.01 Å². The van der Waals surface area contributed by atoms with E-state index in [1.807, 2.05) is 37.3 Å². The molecule has 3 rings (SSSR count). The third kappa shape index (κ3) is 2.62. The molecule has 0 unspecified atom stereocenters. The lowest BCUT2D eigenvalue weighted by Gasteiger charge is -2.24. The van der Waals surface area contributed by atoms with Crippen molar-refractivity contribution in [3.63, 3.8) is 0 Å². The highest BCUT2D eigenvalue weighted by Gasteiger charge is 2.51. The van der Waals surface area contributed by atoms with Crippen molar-refractivity contribution in [3.8, 4) is 5.75 Å². The number of phenols is 1. The minimum atomic E-state index is -1.09. The number of nitrogens with zero attached hydrogens (tertiary/aromatic N) is 2. The first kappa shape index (κ1) is 15.7. The molecule has 122 valence electrons. The van der Waals surface area contributed by atoms with Crippen LogP contribution in [0.1, 0.15) is 24.5 Å². The van der Waals surface area contributed by atoms with Gasteiger partial charge in [-0.2, -0.15) is 5.10 Å². The number of hydrazone groups is 1. The SMILES string of the molecule is CC[C@@]1(c2ccccc2)NC(=O)N(/N=C/c2ccc(O)cc2)C1=O. The average Bonchev–Trinajstić information content (AvgIpc) is 2.86. The van der Waals surface area contributed by atoms with Gasteiger partial charge in [0.2, 0.25) is 0 Å². The highest BCUT2D eigenvalue weighted by Crippen LogP contribution is 2.32. The van der Waals surface area contributed by atoms with E-state index in [0.29, 0.717) is 12.0 Å². The molecular formula is C18H17N3O3. The minimum Gasteiger partial charge on any atom is -0.508 e. The molecule has 1 saturated heterocycles. The number of phenolic OH excluding ortho intramolecular Hbond substituents is 1. The van der Waals surface area contributed by atoms with Crippen LogP contribution in [-0.4, -0.2) is 28.3 Å². The molecule has 0 spiro atoms. The number of benzene rings is 2. The molecule has 1 aliphatic rings. The average molecular weight is 323 g/mol. The second kappa shape index (κ2) is 6.16. The quantitative estimate of drug-likeness (QED) is 0.670. The Bertz CT molecular complexity index is 787. The lowest BCUT2D eigenvalue weighted by Crippen LogP contribution is -2.43. The van der Waals surface area contributed by atoms with Crippen LogP contribution in [0.3, 0.4) is 0 Å². The van der Waals surface area contributed by atoms with Crippen LogP contribution >= 0.6 is 0 Å².